The molecule has 3 aromatic rings. The standard InChI is InChI=1S/C16H9ClF4N2O/c17-15-22-13-6-5-10(18)7-11(13)14(24)23(15)8-9-3-1-2-4-12(9)16(19,20)21/h1-7H,8H2. The summed E-state index contributed by atoms with van der Waals surface area (Å²) in [6.45, 7) is -0.424. The SMILES string of the molecule is O=c1c2cc(F)ccc2nc(Cl)n1Cc1ccccc1C(F)(F)F. The summed E-state index contributed by atoms with van der Waals surface area (Å²) in [6.07, 6.45) is -4.57. The highest BCUT2D eigenvalue weighted by molar-refractivity contribution is 6.28. The Labute approximate surface area is 138 Å². The Bertz CT molecular complexity index is 982. The van der Waals surface area contributed by atoms with Crippen LogP contribution in [0.2, 0.25) is 5.28 Å². The first-order valence-electron chi connectivity index (χ1n) is 6.78. The third-order valence-electron chi connectivity index (χ3n) is 3.52. The molecule has 3 nitrogen and oxygen atoms in total. The minimum absolute atomic E-state index is 0.0520. The summed E-state index contributed by atoms with van der Waals surface area (Å²) in [7, 11) is 0. The van der Waals surface area contributed by atoms with E-state index in [1.54, 1.807) is 0 Å². The zero-order chi connectivity index (χ0) is 17.5. The highest BCUT2D eigenvalue weighted by Gasteiger charge is 2.33. The van der Waals surface area contributed by atoms with Gasteiger partial charge in [-0.25, -0.2) is 9.37 Å². The predicted molar refractivity (Wildman–Crippen MR) is 81.5 cm³/mol. The molecule has 0 aliphatic heterocycles. The molecule has 0 atom stereocenters. The van der Waals surface area contributed by atoms with Crippen LogP contribution in [0, 0.1) is 5.82 Å². The molecule has 24 heavy (non-hydrogen) atoms. The normalized spacial score (nSPS) is 11.9. The second-order valence-electron chi connectivity index (χ2n) is 5.09. The molecule has 0 saturated heterocycles. The Morgan fingerprint density at radius 3 is 2.54 bits per heavy atom. The van der Waals surface area contributed by atoms with Crippen molar-refractivity contribution in [3.63, 3.8) is 0 Å². The maximum atomic E-state index is 13.3. The lowest BCUT2D eigenvalue weighted by molar-refractivity contribution is -0.138. The Hall–Kier alpha value is -2.41. The molecule has 0 amide bonds. The van der Waals surface area contributed by atoms with Crippen molar-refractivity contribution in [3.05, 3.63) is 75.0 Å². The van der Waals surface area contributed by atoms with Crippen LogP contribution in [0.15, 0.2) is 47.3 Å². The van der Waals surface area contributed by atoms with Crippen molar-refractivity contribution >= 4 is 22.5 Å². The van der Waals surface area contributed by atoms with Crippen LogP contribution in [-0.2, 0) is 12.7 Å². The number of halogens is 5. The second kappa shape index (κ2) is 5.90. The van der Waals surface area contributed by atoms with Crippen molar-refractivity contribution in [1.29, 1.82) is 0 Å². The smallest absolute Gasteiger partial charge is 0.278 e. The number of rotatable bonds is 2. The molecule has 0 aliphatic rings. The zero-order valence-electron chi connectivity index (χ0n) is 11.9. The number of nitrogens with zero attached hydrogens (tertiary/aromatic N) is 2. The van der Waals surface area contributed by atoms with Crippen LogP contribution in [0.4, 0.5) is 17.6 Å². The van der Waals surface area contributed by atoms with Gasteiger partial charge in [-0.15, -0.1) is 0 Å². The second-order valence-corrected chi connectivity index (χ2v) is 5.43. The van der Waals surface area contributed by atoms with Crippen molar-refractivity contribution in [2.24, 2.45) is 0 Å². The molecule has 0 fully saturated rings. The van der Waals surface area contributed by atoms with Crippen LogP contribution in [0.1, 0.15) is 11.1 Å². The maximum absolute atomic E-state index is 13.3. The largest absolute Gasteiger partial charge is 0.416 e. The fraction of sp³-hybridized carbons (Fsp3) is 0.125. The van der Waals surface area contributed by atoms with Crippen LogP contribution in [0.5, 0.6) is 0 Å². The highest BCUT2D eigenvalue weighted by Crippen LogP contribution is 2.32. The first kappa shape index (κ1) is 16.4. The van der Waals surface area contributed by atoms with Gasteiger partial charge >= 0.3 is 6.18 Å². The Morgan fingerprint density at radius 1 is 1.12 bits per heavy atom. The molecule has 0 bridgehead atoms. The fourth-order valence-corrected chi connectivity index (χ4v) is 2.64. The minimum Gasteiger partial charge on any atom is -0.278 e. The van der Waals surface area contributed by atoms with Gasteiger partial charge in [0.15, 0.2) is 0 Å². The van der Waals surface area contributed by atoms with E-state index < -0.39 is 29.7 Å². The van der Waals surface area contributed by atoms with Crippen molar-refractivity contribution in [2.45, 2.75) is 12.7 Å². The molecule has 0 radical (unpaired) electrons. The molecular weight excluding hydrogens is 348 g/mol. The van der Waals surface area contributed by atoms with Gasteiger partial charge in [-0.1, -0.05) is 18.2 Å². The molecule has 0 N–H and O–H groups in total. The van der Waals surface area contributed by atoms with E-state index >= 15 is 0 Å². The van der Waals surface area contributed by atoms with Gasteiger partial charge in [0.05, 0.1) is 23.0 Å². The summed E-state index contributed by atoms with van der Waals surface area (Å²) in [5, 5.41) is -0.319. The number of hydrogen-bond donors (Lipinski definition) is 0. The topological polar surface area (TPSA) is 34.9 Å². The zero-order valence-corrected chi connectivity index (χ0v) is 12.7. The van der Waals surface area contributed by atoms with E-state index in [2.05, 4.69) is 4.98 Å². The number of benzene rings is 2. The average Bonchev–Trinajstić information content (AvgIpc) is 2.52. The first-order chi connectivity index (χ1) is 11.3. The third kappa shape index (κ3) is 2.99. The molecule has 0 unspecified atom stereocenters. The highest BCUT2D eigenvalue weighted by atomic mass is 35.5. The Balaban J connectivity index is 2.17. The van der Waals surface area contributed by atoms with Gasteiger partial charge < -0.3 is 0 Å². The molecule has 0 aliphatic carbocycles. The van der Waals surface area contributed by atoms with Gasteiger partial charge in [-0.3, -0.25) is 9.36 Å². The van der Waals surface area contributed by atoms with Crippen LogP contribution < -0.4 is 5.56 Å². The van der Waals surface area contributed by atoms with Gasteiger partial charge in [0.2, 0.25) is 5.28 Å². The third-order valence-corrected chi connectivity index (χ3v) is 3.81. The van der Waals surface area contributed by atoms with Gasteiger partial charge in [-0.2, -0.15) is 13.2 Å². The summed E-state index contributed by atoms with van der Waals surface area (Å²) in [5.74, 6) is -0.647. The lowest BCUT2D eigenvalue weighted by Crippen LogP contribution is -2.24. The van der Waals surface area contributed by atoms with Crippen molar-refractivity contribution in [2.75, 3.05) is 0 Å². The lowest BCUT2D eigenvalue weighted by atomic mass is 10.1. The van der Waals surface area contributed by atoms with Crippen molar-refractivity contribution in [3.8, 4) is 0 Å². The maximum Gasteiger partial charge on any atom is 0.416 e. The van der Waals surface area contributed by atoms with Crippen molar-refractivity contribution in [1.82, 2.24) is 9.55 Å². The minimum atomic E-state index is -4.57. The number of fused-ring (bicyclic) bond motifs is 1. The van der Waals surface area contributed by atoms with Crippen molar-refractivity contribution < 1.29 is 17.6 Å². The molecule has 8 heteroatoms. The van der Waals surface area contributed by atoms with E-state index in [1.807, 2.05) is 0 Å². The van der Waals surface area contributed by atoms with Gasteiger partial charge in [0, 0.05) is 0 Å². The molecule has 0 saturated carbocycles. The average molecular weight is 357 g/mol. The quantitative estimate of drug-likeness (QED) is 0.508. The Kier molecular flexibility index (Phi) is 4.04. The van der Waals surface area contributed by atoms with Gasteiger partial charge in [0.1, 0.15) is 5.82 Å². The fourth-order valence-electron chi connectivity index (χ4n) is 2.41. The monoisotopic (exact) mass is 356 g/mol. The van der Waals surface area contributed by atoms with Crippen LogP contribution >= 0.6 is 11.6 Å². The van der Waals surface area contributed by atoms with Crippen LogP contribution in [-0.4, -0.2) is 9.55 Å². The first-order valence-corrected chi connectivity index (χ1v) is 7.16. The summed E-state index contributed by atoms with van der Waals surface area (Å²) in [6, 6.07) is 8.24. The molecule has 1 heterocycles. The summed E-state index contributed by atoms with van der Waals surface area (Å²) in [5.41, 5.74) is -1.54. The summed E-state index contributed by atoms with van der Waals surface area (Å²) < 4.78 is 53.4. The summed E-state index contributed by atoms with van der Waals surface area (Å²) >= 11 is 5.94. The van der Waals surface area contributed by atoms with E-state index in [0.29, 0.717) is 0 Å². The number of alkyl halides is 3. The van der Waals surface area contributed by atoms with Crippen LogP contribution in [0.25, 0.3) is 10.9 Å². The molecular formula is C16H9ClF4N2O. The molecule has 3 rings (SSSR count). The van der Waals surface area contributed by atoms with Crippen LogP contribution in [0.3, 0.4) is 0 Å². The number of aromatic nitrogens is 2. The summed E-state index contributed by atoms with van der Waals surface area (Å²) in [4.78, 5) is 16.4. The van der Waals surface area contributed by atoms with E-state index in [-0.39, 0.29) is 21.7 Å². The van der Waals surface area contributed by atoms with E-state index in [9.17, 15) is 22.4 Å². The van der Waals surface area contributed by atoms with E-state index in [0.717, 1.165) is 22.8 Å². The molecule has 0 spiro atoms. The Morgan fingerprint density at radius 2 is 1.83 bits per heavy atom. The molecule has 2 aromatic carbocycles. The van der Waals surface area contributed by atoms with E-state index in [4.69, 9.17) is 11.6 Å². The number of hydrogen-bond acceptors (Lipinski definition) is 2. The van der Waals surface area contributed by atoms with Gasteiger partial charge in [0.25, 0.3) is 5.56 Å². The molecule has 1 aromatic heterocycles. The lowest BCUT2D eigenvalue weighted by Gasteiger charge is -2.15. The van der Waals surface area contributed by atoms with Gasteiger partial charge in [-0.05, 0) is 41.4 Å². The molecule has 124 valence electrons. The van der Waals surface area contributed by atoms with E-state index in [1.165, 1.54) is 24.3 Å². The predicted octanol–water partition coefficient (Wildman–Crippen LogP) is 4.26.